The van der Waals surface area contributed by atoms with Crippen molar-refractivity contribution in [2.75, 3.05) is 32.6 Å². The van der Waals surface area contributed by atoms with Crippen molar-refractivity contribution in [3.8, 4) is 0 Å². The fourth-order valence-corrected chi connectivity index (χ4v) is 6.11. The van der Waals surface area contributed by atoms with Crippen molar-refractivity contribution in [3.63, 3.8) is 0 Å². The molecular weight excluding hydrogens is 404 g/mol. The van der Waals surface area contributed by atoms with Gasteiger partial charge in [0.2, 0.25) is 15.9 Å². The van der Waals surface area contributed by atoms with E-state index < -0.39 is 10.0 Å². The molecule has 1 saturated carbocycles. The first-order chi connectivity index (χ1) is 14.2. The number of nitrogens with zero attached hydrogens (tertiary/aromatic N) is 1. The quantitative estimate of drug-likeness (QED) is 0.652. The van der Waals surface area contributed by atoms with Gasteiger partial charge in [0.05, 0.1) is 25.0 Å². The van der Waals surface area contributed by atoms with E-state index >= 15 is 0 Å². The van der Waals surface area contributed by atoms with Gasteiger partial charge in [0, 0.05) is 31.7 Å². The number of hydrogen-bond donors (Lipinski definition) is 1. The molecule has 2 atom stereocenters. The van der Waals surface area contributed by atoms with Gasteiger partial charge in [-0.15, -0.1) is 0 Å². The Balaban J connectivity index is 1.65. The summed E-state index contributed by atoms with van der Waals surface area (Å²) >= 11 is 0. The van der Waals surface area contributed by atoms with E-state index in [0.29, 0.717) is 32.3 Å². The maximum Gasteiger partial charge on any atom is 0.226 e. The van der Waals surface area contributed by atoms with Crippen LogP contribution in [0.1, 0.15) is 65.2 Å². The topological polar surface area (TPSA) is 84.9 Å². The SMILES string of the molecule is CC(C)[C@H]1CC[C@@H](OC[C@H]2[C@@H](NS(C)(=O)=O)CCCN2C(=O)C2CCOCC2)CC1. The summed E-state index contributed by atoms with van der Waals surface area (Å²) in [6.45, 7) is 6.89. The van der Waals surface area contributed by atoms with Crippen molar-refractivity contribution in [2.45, 2.75) is 83.4 Å². The fourth-order valence-electron chi connectivity index (χ4n) is 5.28. The average molecular weight is 445 g/mol. The molecule has 1 aliphatic carbocycles. The minimum atomic E-state index is -3.35. The zero-order valence-electron chi connectivity index (χ0n) is 18.8. The Morgan fingerprint density at radius 1 is 1.10 bits per heavy atom. The smallest absolute Gasteiger partial charge is 0.226 e. The standard InChI is InChI=1S/C22H40N2O5S/c1-16(2)17-6-8-19(9-7-17)29-15-21-20(23-30(3,26)27)5-4-12-24(21)22(25)18-10-13-28-14-11-18/h16-21,23H,4-15H2,1-3H3/t17-,19+,20-,21-/m0/s1. The molecule has 7 nitrogen and oxygen atoms in total. The Labute approximate surface area is 182 Å². The Morgan fingerprint density at radius 3 is 2.37 bits per heavy atom. The van der Waals surface area contributed by atoms with Crippen LogP contribution in [-0.2, 0) is 24.3 Å². The van der Waals surface area contributed by atoms with Crippen molar-refractivity contribution >= 4 is 15.9 Å². The predicted octanol–water partition coefficient (Wildman–Crippen LogP) is 2.55. The van der Waals surface area contributed by atoms with Crippen LogP contribution < -0.4 is 4.72 Å². The van der Waals surface area contributed by atoms with E-state index in [-0.39, 0.29) is 30.0 Å². The van der Waals surface area contributed by atoms with E-state index in [1.54, 1.807) is 0 Å². The Bertz CT molecular complexity index is 654. The van der Waals surface area contributed by atoms with Crippen LogP contribution >= 0.6 is 0 Å². The lowest BCUT2D eigenvalue weighted by Gasteiger charge is -2.43. The summed E-state index contributed by atoms with van der Waals surface area (Å²) in [5.41, 5.74) is 0. The number of hydrogen-bond acceptors (Lipinski definition) is 5. The first-order valence-corrected chi connectivity index (χ1v) is 13.6. The summed E-state index contributed by atoms with van der Waals surface area (Å²) in [5.74, 6) is 1.58. The molecule has 0 aromatic rings. The van der Waals surface area contributed by atoms with Gasteiger partial charge >= 0.3 is 0 Å². The molecule has 174 valence electrons. The molecule has 2 aliphatic heterocycles. The number of amides is 1. The number of likely N-dealkylation sites (tertiary alicyclic amines) is 1. The highest BCUT2D eigenvalue weighted by Gasteiger charge is 2.39. The summed E-state index contributed by atoms with van der Waals surface area (Å²) in [4.78, 5) is 15.2. The van der Waals surface area contributed by atoms with Gasteiger partial charge in [-0.2, -0.15) is 0 Å². The molecule has 1 amide bonds. The lowest BCUT2D eigenvalue weighted by molar-refractivity contribution is -0.146. The van der Waals surface area contributed by atoms with E-state index in [1.807, 2.05) is 4.90 Å². The Hall–Kier alpha value is -0.700. The molecule has 0 unspecified atom stereocenters. The van der Waals surface area contributed by atoms with E-state index in [1.165, 1.54) is 19.1 Å². The minimum absolute atomic E-state index is 0.0280. The molecule has 2 saturated heterocycles. The molecule has 8 heteroatoms. The Morgan fingerprint density at radius 2 is 1.77 bits per heavy atom. The largest absolute Gasteiger partial charge is 0.381 e. The van der Waals surface area contributed by atoms with E-state index in [4.69, 9.17) is 9.47 Å². The Kier molecular flexibility index (Phi) is 8.58. The van der Waals surface area contributed by atoms with Crippen molar-refractivity contribution in [2.24, 2.45) is 17.8 Å². The molecular formula is C22H40N2O5S. The molecule has 0 spiro atoms. The third-order valence-corrected chi connectivity index (χ3v) is 7.89. The van der Waals surface area contributed by atoms with Gasteiger partial charge < -0.3 is 14.4 Å². The molecule has 0 bridgehead atoms. The summed E-state index contributed by atoms with van der Waals surface area (Å²) in [7, 11) is -3.35. The van der Waals surface area contributed by atoms with Gasteiger partial charge in [-0.25, -0.2) is 13.1 Å². The summed E-state index contributed by atoms with van der Waals surface area (Å²) in [6, 6.07) is -0.531. The highest BCUT2D eigenvalue weighted by Crippen LogP contribution is 2.32. The first kappa shape index (κ1) is 24.0. The molecule has 1 N–H and O–H groups in total. The van der Waals surface area contributed by atoms with Crippen LogP contribution in [0.15, 0.2) is 0 Å². The maximum absolute atomic E-state index is 13.3. The summed E-state index contributed by atoms with van der Waals surface area (Å²) in [5, 5.41) is 0. The fraction of sp³-hybridized carbons (Fsp3) is 0.955. The van der Waals surface area contributed by atoms with Crippen LogP contribution in [0.4, 0.5) is 0 Å². The molecule has 3 aliphatic rings. The molecule has 3 fully saturated rings. The number of ether oxygens (including phenoxy) is 2. The zero-order chi connectivity index (χ0) is 21.7. The number of carbonyl (C=O) groups excluding carboxylic acids is 1. The minimum Gasteiger partial charge on any atom is -0.381 e. The number of rotatable bonds is 7. The van der Waals surface area contributed by atoms with Gasteiger partial charge in [0.1, 0.15) is 0 Å². The van der Waals surface area contributed by atoms with Crippen LogP contribution in [-0.4, -0.2) is 70.0 Å². The van der Waals surface area contributed by atoms with E-state index in [0.717, 1.165) is 44.4 Å². The number of carbonyl (C=O) groups is 1. The zero-order valence-corrected chi connectivity index (χ0v) is 19.7. The van der Waals surface area contributed by atoms with E-state index in [9.17, 15) is 13.2 Å². The molecule has 3 rings (SSSR count). The van der Waals surface area contributed by atoms with Crippen LogP contribution in [0.5, 0.6) is 0 Å². The normalized spacial score (nSPS) is 31.8. The summed E-state index contributed by atoms with van der Waals surface area (Å²) < 4.78 is 38.4. The maximum atomic E-state index is 13.3. The average Bonchev–Trinajstić information content (AvgIpc) is 2.72. The third kappa shape index (κ3) is 6.65. The van der Waals surface area contributed by atoms with Crippen molar-refractivity contribution in [3.05, 3.63) is 0 Å². The molecule has 0 aromatic carbocycles. The molecule has 2 heterocycles. The molecule has 30 heavy (non-hydrogen) atoms. The lowest BCUT2D eigenvalue weighted by Crippen LogP contribution is -2.60. The van der Waals surface area contributed by atoms with Gasteiger partial charge in [-0.05, 0) is 63.2 Å². The third-order valence-electron chi connectivity index (χ3n) is 7.16. The highest BCUT2D eigenvalue weighted by molar-refractivity contribution is 7.88. The lowest BCUT2D eigenvalue weighted by atomic mass is 9.80. The number of piperidine rings is 1. The molecule has 0 aromatic heterocycles. The highest BCUT2D eigenvalue weighted by atomic mass is 32.2. The second kappa shape index (κ2) is 10.7. The van der Waals surface area contributed by atoms with Crippen LogP contribution in [0, 0.1) is 17.8 Å². The van der Waals surface area contributed by atoms with Gasteiger partial charge in [0.25, 0.3) is 0 Å². The van der Waals surface area contributed by atoms with Crippen molar-refractivity contribution in [1.82, 2.24) is 9.62 Å². The van der Waals surface area contributed by atoms with Crippen molar-refractivity contribution in [1.29, 1.82) is 0 Å². The second-order valence-corrected chi connectivity index (χ2v) is 11.5. The number of sulfonamides is 1. The monoisotopic (exact) mass is 444 g/mol. The van der Waals surface area contributed by atoms with E-state index in [2.05, 4.69) is 18.6 Å². The second-order valence-electron chi connectivity index (χ2n) is 9.74. The van der Waals surface area contributed by atoms with Gasteiger partial charge in [0.15, 0.2) is 0 Å². The van der Waals surface area contributed by atoms with Gasteiger partial charge in [-0.3, -0.25) is 4.79 Å². The van der Waals surface area contributed by atoms with Crippen LogP contribution in [0.3, 0.4) is 0 Å². The first-order valence-electron chi connectivity index (χ1n) is 11.7. The van der Waals surface area contributed by atoms with Crippen LogP contribution in [0.2, 0.25) is 0 Å². The molecule has 0 radical (unpaired) electrons. The van der Waals surface area contributed by atoms with Crippen LogP contribution in [0.25, 0.3) is 0 Å². The number of nitrogens with one attached hydrogen (secondary N) is 1. The predicted molar refractivity (Wildman–Crippen MR) is 117 cm³/mol. The van der Waals surface area contributed by atoms with Gasteiger partial charge in [-0.1, -0.05) is 13.8 Å². The van der Waals surface area contributed by atoms with Crippen molar-refractivity contribution < 1.29 is 22.7 Å². The summed E-state index contributed by atoms with van der Waals surface area (Å²) in [6.07, 6.45) is 8.89.